The van der Waals surface area contributed by atoms with Gasteiger partial charge in [-0.2, -0.15) is 10.5 Å². The van der Waals surface area contributed by atoms with E-state index < -0.39 is 0 Å². The van der Waals surface area contributed by atoms with Crippen LogP contribution >= 0.6 is 11.3 Å². The SMILES string of the molecule is N#Cc1cc(-c2c3ccccc3cc3sc4ccccc4c23)cc(C#N)c1O. The molecule has 4 heteroatoms. The Morgan fingerprint density at radius 3 is 2.11 bits per heavy atom. The van der Waals surface area contributed by atoms with Crippen molar-refractivity contribution in [2.45, 2.75) is 0 Å². The van der Waals surface area contributed by atoms with Crippen molar-refractivity contribution in [3.05, 3.63) is 77.9 Å². The highest BCUT2D eigenvalue weighted by Gasteiger charge is 2.18. The monoisotopic (exact) mass is 376 g/mol. The van der Waals surface area contributed by atoms with Gasteiger partial charge in [-0.15, -0.1) is 11.3 Å². The third kappa shape index (κ3) is 2.26. The molecular weight excluding hydrogens is 364 g/mol. The molecule has 0 aliphatic carbocycles. The lowest BCUT2D eigenvalue weighted by molar-refractivity contribution is 0.472. The molecule has 0 radical (unpaired) electrons. The van der Waals surface area contributed by atoms with E-state index in [1.54, 1.807) is 23.5 Å². The topological polar surface area (TPSA) is 67.8 Å². The average Bonchev–Trinajstić information content (AvgIpc) is 3.10. The summed E-state index contributed by atoms with van der Waals surface area (Å²) in [5, 5.41) is 33.5. The van der Waals surface area contributed by atoms with Crippen molar-refractivity contribution in [3.63, 3.8) is 0 Å². The number of aromatic hydroxyl groups is 1. The minimum absolute atomic E-state index is 0.106. The minimum Gasteiger partial charge on any atom is -0.505 e. The van der Waals surface area contributed by atoms with Crippen molar-refractivity contribution in [2.75, 3.05) is 0 Å². The van der Waals surface area contributed by atoms with Crippen molar-refractivity contribution < 1.29 is 5.11 Å². The lowest BCUT2D eigenvalue weighted by Crippen LogP contribution is -1.89. The van der Waals surface area contributed by atoms with E-state index in [0.29, 0.717) is 0 Å². The molecule has 0 spiro atoms. The van der Waals surface area contributed by atoms with Gasteiger partial charge in [-0.05, 0) is 46.2 Å². The van der Waals surface area contributed by atoms with Gasteiger partial charge in [0.15, 0.2) is 5.75 Å². The van der Waals surface area contributed by atoms with Gasteiger partial charge in [-0.25, -0.2) is 0 Å². The van der Waals surface area contributed by atoms with Gasteiger partial charge in [0, 0.05) is 20.2 Å². The van der Waals surface area contributed by atoms with Crippen LogP contribution in [0.1, 0.15) is 11.1 Å². The summed E-state index contributed by atoms with van der Waals surface area (Å²) in [5.41, 5.74) is 1.96. The molecule has 1 heterocycles. The van der Waals surface area contributed by atoms with Crippen molar-refractivity contribution in [1.82, 2.24) is 0 Å². The van der Waals surface area contributed by atoms with Crippen LogP contribution in [0.4, 0.5) is 0 Å². The lowest BCUT2D eigenvalue weighted by Gasteiger charge is -2.12. The Bertz CT molecular complexity index is 1460. The van der Waals surface area contributed by atoms with E-state index in [4.69, 9.17) is 0 Å². The van der Waals surface area contributed by atoms with Crippen LogP contribution in [-0.2, 0) is 0 Å². The number of benzene rings is 4. The predicted octanol–water partition coefficient (Wildman–Crippen LogP) is 6.32. The van der Waals surface area contributed by atoms with E-state index in [-0.39, 0.29) is 16.9 Å². The van der Waals surface area contributed by atoms with E-state index in [1.165, 1.54) is 4.70 Å². The van der Waals surface area contributed by atoms with Crippen LogP contribution in [0, 0.1) is 22.7 Å². The van der Waals surface area contributed by atoms with Crippen LogP contribution in [0.25, 0.3) is 42.1 Å². The number of rotatable bonds is 1. The van der Waals surface area contributed by atoms with Crippen molar-refractivity contribution in [2.24, 2.45) is 0 Å². The Morgan fingerprint density at radius 2 is 1.39 bits per heavy atom. The summed E-state index contributed by atoms with van der Waals surface area (Å²) < 4.78 is 2.34. The summed E-state index contributed by atoms with van der Waals surface area (Å²) in [7, 11) is 0. The van der Waals surface area contributed by atoms with Crippen LogP contribution in [0.2, 0.25) is 0 Å². The summed E-state index contributed by atoms with van der Waals surface area (Å²) in [5.74, 6) is -0.264. The highest BCUT2D eigenvalue weighted by Crippen LogP contribution is 2.45. The Kier molecular flexibility index (Phi) is 3.55. The molecule has 1 N–H and O–H groups in total. The van der Waals surface area contributed by atoms with Crippen LogP contribution in [0.3, 0.4) is 0 Å². The Hall–Kier alpha value is -3.86. The van der Waals surface area contributed by atoms with Gasteiger partial charge in [0.25, 0.3) is 0 Å². The highest BCUT2D eigenvalue weighted by atomic mass is 32.1. The number of thiophene rings is 1. The molecule has 5 aromatic rings. The van der Waals surface area contributed by atoms with Gasteiger partial charge in [-0.1, -0.05) is 42.5 Å². The van der Waals surface area contributed by atoms with Gasteiger partial charge in [0.1, 0.15) is 12.1 Å². The standard InChI is InChI=1S/C24H12N2OS/c25-12-16-9-15(10-17(13-26)24(16)27)22-18-6-2-1-5-14(18)11-21-23(22)19-7-3-4-8-20(19)28-21/h1-11,27H. The summed E-state index contributed by atoms with van der Waals surface area (Å²) in [6, 6.07) is 25.9. The second kappa shape index (κ2) is 6.09. The molecular formula is C24H12N2OS. The van der Waals surface area contributed by atoms with Crippen molar-refractivity contribution >= 4 is 42.3 Å². The largest absolute Gasteiger partial charge is 0.505 e. The summed E-state index contributed by atoms with van der Waals surface area (Å²) in [4.78, 5) is 0. The Morgan fingerprint density at radius 1 is 0.750 bits per heavy atom. The molecule has 4 aromatic carbocycles. The van der Waals surface area contributed by atoms with Crippen LogP contribution in [-0.4, -0.2) is 5.11 Å². The molecule has 28 heavy (non-hydrogen) atoms. The first-order chi connectivity index (χ1) is 13.7. The molecule has 1 aromatic heterocycles. The molecule has 0 fully saturated rings. The smallest absolute Gasteiger partial charge is 0.151 e. The summed E-state index contributed by atoms with van der Waals surface area (Å²) >= 11 is 1.73. The Labute approximate surface area is 164 Å². The van der Waals surface area contributed by atoms with Gasteiger partial charge in [0.05, 0.1) is 11.1 Å². The average molecular weight is 376 g/mol. The third-order valence-electron chi connectivity index (χ3n) is 5.03. The fourth-order valence-electron chi connectivity index (χ4n) is 3.80. The van der Waals surface area contributed by atoms with Gasteiger partial charge >= 0.3 is 0 Å². The fourth-order valence-corrected chi connectivity index (χ4v) is 4.96. The Balaban J connectivity index is 2.04. The van der Waals surface area contributed by atoms with Crippen molar-refractivity contribution in [1.29, 1.82) is 10.5 Å². The van der Waals surface area contributed by atoms with Crippen molar-refractivity contribution in [3.8, 4) is 29.0 Å². The molecule has 0 saturated carbocycles. The normalized spacial score (nSPS) is 10.9. The lowest BCUT2D eigenvalue weighted by atomic mass is 9.91. The molecule has 0 amide bonds. The molecule has 0 unspecified atom stereocenters. The maximum absolute atomic E-state index is 10.2. The first-order valence-corrected chi connectivity index (χ1v) is 9.53. The molecule has 3 nitrogen and oxygen atoms in total. The molecule has 0 saturated heterocycles. The third-order valence-corrected chi connectivity index (χ3v) is 6.15. The maximum Gasteiger partial charge on any atom is 0.151 e. The number of nitrogens with zero attached hydrogens (tertiary/aromatic N) is 2. The molecule has 0 atom stereocenters. The first-order valence-electron chi connectivity index (χ1n) is 8.72. The van der Waals surface area contributed by atoms with E-state index in [9.17, 15) is 15.6 Å². The summed E-state index contributed by atoms with van der Waals surface area (Å²) in [6.07, 6.45) is 0. The van der Waals surface area contributed by atoms with Gasteiger partial charge in [-0.3, -0.25) is 0 Å². The number of nitriles is 2. The molecule has 5 rings (SSSR count). The zero-order valence-electron chi connectivity index (χ0n) is 14.6. The van der Waals surface area contributed by atoms with Crippen LogP contribution in [0.5, 0.6) is 5.75 Å². The van der Waals surface area contributed by atoms with E-state index in [2.05, 4.69) is 30.3 Å². The summed E-state index contributed by atoms with van der Waals surface area (Å²) in [6.45, 7) is 0. The second-order valence-corrected chi connectivity index (χ2v) is 7.67. The first kappa shape index (κ1) is 16.3. The second-order valence-electron chi connectivity index (χ2n) is 6.59. The molecule has 0 aliphatic rings. The quantitative estimate of drug-likeness (QED) is 0.372. The van der Waals surface area contributed by atoms with E-state index in [1.807, 2.05) is 36.4 Å². The fraction of sp³-hybridized carbons (Fsp3) is 0. The molecule has 0 aliphatic heterocycles. The minimum atomic E-state index is -0.264. The van der Waals surface area contributed by atoms with Gasteiger partial charge < -0.3 is 5.11 Å². The van der Waals surface area contributed by atoms with E-state index in [0.717, 1.165) is 37.4 Å². The molecule has 0 bridgehead atoms. The number of hydrogen-bond donors (Lipinski definition) is 1. The predicted molar refractivity (Wildman–Crippen MR) is 113 cm³/mol. The van der Waals surface area contributed by atoms with Gasteiger partial charge in [0.2, 0.25) is 0 Å². The maximum atomic E-state index is 10.2. The zero-order valence-corrected chi connectivity index (χ0v) is 15.4. The van der Waals surface area contributed by atoms with E-state index >= 15 is 0 Å². The highest BCUT2D eigenvalue weighted by molar-refractivity contribution is 7.26. The van der Waals surface area contributed by atoms with Crippen LogP contribution < -0.4 is 0 Å². The van der Waals surface area contributed by atoms with Crippen LogP contribution in [0.15, 0.2) is 66.7 Å². The zero-order chi connectivity index (χ0) is 19.3. The number of phenols is 1. The number of hydrogen-bond acceptors (Lipinski definition) is 4. The molecule has 130 valence electrons. The number of phenolic OH excluding ortho intramolecular Hbond substituents is 1. The number of fused-ring (bicyclic) bond motifs is 4.